The summed E-state index contributed by atoms with van der Waals surface area (Å²) in [6.45, 7) is 5.12. The normalized spacial score (nSPS) is 27.6. The molecular formula is C17H25ClFNO. The molecule has 4 heteroatoms. The molecule has 0 heterocycles. The summed E-state index contributed by atoms with van der Waals surface area (Å²) in [4.78, 5) is 0. The fourth-order valence-electron chi connectivity index (χ4n) is 3.38. The van der Waals surface area contributed by atoms with Crippen molar-refractivity contribution in [3.8, 4) is 0 Å². The zero-order valence-electron chi connectivity index (χ0n) is 13.1. The van der Waals surface area contributed by atoms with Crippen LogP contribution in [0.15, 0.2) is 18.2 Å². The van der Waals surface area contributed by atoms with Crippen molar-refractivity contribution in [3.05, 3.63) is 34.6 Å². The molecule has 0 amide bonds. The Morgan fingerprint density at radius 3 is 2.67 bits per heavy atom. The van der Waals surface area contributed by atoms with Crippen LogP contribution in [0.25, 0.3) is 0 Å². The van der Waals surface area contributed by atoms with Crippen molar-refractivity contribution in [1.29, 1.82) is 0 Å². The van der Waals surface area contributed by atoms with Crippen LogP contribution in [0, 0.1) is 11.7 Å². The van der Waals surface area contributed by atoms with Crippen LogP contribution in [-0.2, 0) is 4.74 Å². The fraction of sp³-hybridized carbons (Fsp3) is 0.647. The predicted molar refractivity (Wildman–Crippen MR) is 85.2 cm³/mol. The van der Waals surface area contributed by atoms with Crippen molar-refractivity contribution in [2.24, 2.45) is 5.92 Å². The first-order valence-electron chi connectivity index (χ1n) is 7.76. The van der Waals surface area contributed by atoms with Gasteiger partial charge in [-0.15, -0.1) is 0 Å². The van der Waals surface area contributed by atoms with E-state index in [0.717, 1.165) is 43.7 Å². The second-order valence-corrected chi connectivity index (χ2v) is 6.52. The second-order valence-electron chi connectivity index (χ2n) is 6.11. The highest BCUT2D eigenvalue weighted by molar-refractivity contribution is 6.31. The van der Waals surface area contributed by atoms with Crippen LogP contribution < -0.4 is 5.32 Å². The molecule has 2 nitrogen and oxygen atoms in total. The second kappa shape index (κ2) is 7.08. The summed E-state index contributed by atoms with van der Waals surface area (Å²) in [6.07, 6.45) is 4.19. The number of likely N-dealkylation sites (N-methyl/N-ethyl adjacent to an activating group) is 1. The topological polar surface area (TPSA) is 21.3 Å². The van der Waals surface area contributed by atoms with Gasteiger partial charge in [0.05, 0.1) is 11.6 Å². The maximum atomic E-state index is 13.7. The Bertz CT molecular complexity index is 472. The van der Waals surface area contributed by atoms with Gasteiger partial charge in [-0.2, -0.15) is 0 Å². The number of rotatable bonds is 5. The molecule has 118 valence electrons. The van der Waals surface area contributed by atoms with Gasteiger partial charge in [-0.05, 0) is 61.9 Å². The van der Waals surface area contributed by atoms with E-state index < -0.39 is 0 Å². The first-order valence-corrected chi connectivity index (χ1v) is 8.13. The van der Waals surface area contributed by atoms with Crippen molar-refractivity contribution >= 4 is 11.6 Å². The van der Waals surface area contributed by atoms with Crippen LogP contribution in [0.3, 0.4) is 0 Å². The van der Waals surface area contributed by atoms with Gasteiger partial charge in [0.15, 0.2) is 0 Å². The van der Waals surface area contributed by atoms with E-state index in [1.165, 1.54) is 12.1 Å². The Kier molecular flexibility index (Phi) is 5.64. The summed E-state index contributed by atoms with van der Waals surface area (Å²) >= 11 is 6.33. The summed E-state index contributed by atoms with van der Waals surface area (Å²) in [5, 5.41) is 4.06. The van der Waals surface area contributed by atoms with Crippen molar-refractivity contribution in [2.75, 3.05) is 13.7 Å². The smallest absolute Gasteiger partial charge is 0.123 e. The molecule has 0 saturated heterocycles. The molecule has 1 saturated carbocycles. The van der Waals surface area contributed by atoms with Gasteiger partial charge in [-0.25, -0.2) is 4.39 Å². The van der Waals surface area contributed by atoms with Gasteiger partial charge >= 0.3 is 0 Å². The highest BCUT2D eigenvalue weighted by atomic mass is 35.5. The highest BCUT2D eigenvalue weighted by Crippen LogP contribution is 2.44. The lowest BCUT2D eigenvalue weighted by Gasteiger charge is -2.44. The lowest BCUT2D eigenvalue weighted by atomic mass is 9.73. The Hall–Kier alpha value is -0.640. The molecule has 2 rings (SSSR count). The third kappa shape index (κ3) is 3.58. The largest absolute Gasteiger partial charge is 0.376 e. The average molecular weight is 314 g/mol. The zero-order chi connectivity index (χ0) is 15.5. The molecule has 0 spiro atoms. The molecule has 1 unspecified atom stereocenters. The monoisotopic (exact) mass is 313 g/mol. The van der Waals surface area contributed by atoms with E-state index in [-0.39, 0.29) is 17.5 Å². The molecule has 1 aromatic rings. The van der Waals surface area contributed by atoms with Crippen molar-refractivity contribution in [3.63, 3.8) is 0 Å². The van der Waals surface area contributed by atoms with E-state index in [9.17, 15) is 4.39 Å². The molecule has 1 N–H and O–H groups in total. The lowest BCUT2D eigenvalue weighted by Crippen LogP contribution is -2.48. The molecule has 21 heavy (non-hydrogen) atoms. The molecule has 0 radical (unpaired) electrons. The minimum absolute atomic E-state index is 0.0804. The Morgan fingerprint density at radius 2 is 2.10 bits per heavy atom. The number of ether oxygens (including phenoxy) is 1. The minimum atomic E-state index is -0.306. The maximum Gasteiger partial charge on any atom is 0.123 e. The zero-order valence-corrected chi connectivity index (χ0v) is 13.8. The van der Waals surface area contributed by atoms with Crippen molar-refractivity contribution in [1.82, 2.24) is 5.32 Å². The van der Waals surface area contributed by atoms with Gasteiger partial charge in [-0.1, -0.05) is 25.4 Å². The Labute approximate surface area is 132 Å². The minimum Gasteiger partial charge on any atom is -0.376 e. The Morgan fingerprint density at radius 1 is 1.43 bits per heavy atom. The van der Waals surface area contributed by atoms with Gasteiger partial charge in [0.25, 0.3) is 0 Å². The molecule has 0 aromatic heterocycles. The lowest BCUT2D eigenvalue weighted by molar-refractivity contribution is -0.0757. The molecule has 0 aliphatic heterocycles. The van der Waals surface area contributed by atoms with Crippen LogP contribution in [0.4, 0.5) is 4.39 Å². The molecule has 1 atom stereocenters. The van der Waals surface area contributed by atoms with Gasteiger partial charge in [-0.3, -0.25) is 0 Å². The van der Waals surface area contributed by atoms with Crippen molar-refractivity contribution < 1.29 is 9.13 Å². The fourth-order valence-corrected chi connectivity index (χ4v) is 3.61. The number of halogens is 2. The van der Waals surface area contributed by atoms with Gasteiger partial charge < -0.3 is 10.1 Å². The van der Waals surface area contributed by atoms with E-state index in [4.69, 9.17) is 16.3 Å². The summed E-state index contributed by atoms with van der Waals surface area (Å²) in [5.74, 6) is 0.464. The number of methoxy groups -OCH3 is 1. The van der Waals surface area contributed by atoms with Crippen LogP contribution in [0.2, 0.25) is 5.02 Å². The number of hydrogen-bond donors (Lipinski definition) is 1. The number of hydrogen-bond acceptors (Lipinski definition) is 2. The van der Waals surface area contributed by atoms with Gasteiger partial charge in [0, 0.05) is 12.1 Å². The number of nitrogens with one attached hydrogen (secondary N) is 1. The summed E-state index contributed by atoms with van der Waals surface area (Å²) < 4.78 is 19.6. The summed E-state index contributed by atoms with van der Waals surface area (Å²) in [6, 6.07) is 4.49. The summed E-state index contributed by atoms with van der Waals surface area (Å²) in [7, 11) is 1.76. The highest BCUT2D eigenvalue weighted by Gasteiger charge is 2.42. The quantitative estimate of drug-likeness (QED) is 0.849. The Balaban J connectivity index is 2.38. The summed E-state index contributed by atoms with van der Waals surface area (Å²) in [5.41, 5.74) is 0.495. The van der Waals surface area contributed by atoms with Crippen molar-refractivity contribution in [2.45, 2.75) is 51.2 Å². The molecule has 1 aliphatic rings. The average Bonchev–Trinajstić information content (AvgIpc) is 2.49. The van der Waals surface area contributed by atoms with E-state index in [1.807, 2.05) is 0 Å². The first-order chi connectivity index (χ1) is 10.0. The van der Waals surface area contributed by atoms with Crippen LogP contribution in [-0.4, -0.2) is 19.3 Å². The molecule has 0 bridgehead atoms. The van der Waals surface area contributed by atoms with E-state index in [0.29, 0.717) is 5.02 Å². The van der Waals surface area contributed by atoms with Gasteiger partial charge in [0.2, 0.25) is 0 Å². The van der Waals surface area contributed by atoms with Gasteiger partial charge in [0.1, 0.15) is 5.82 Å². The third-order valence-corrected chi connectivity index (χ3v) is 5.07. The molecule has 1 fully saturated rings. The predicted octanol–water partition coefficient (Wildman–Crippen LogP) is 4.73. The maximum absolute atomic E-state index is 13.7. The molecular weight excluding hydrogens is 289 g/mol. The van der Waals surface area contributed by atoms with E-state index >= 15 is 0 Å². The van der Waals surface area contributed by atoms with E-state index in [2.05, 4.69) is 19.2 Å². The van der Waals surface area contributed by atoms with Crippen LogP contribution in [0.5, 0.6) is 0 Å². The van der Waals surface area contributed by atoms with E-state index in [1.54, 1.807) is 13.2 Å². The number of benzene rings is 1. The van der Waals surface area contributed by atoms with Crippen LogP contribution in [0.1, 0.15) is 51.1 Å². The first kappa shape index (κ1) is 16.7. The standard InChI is InChI=1S/C17H25ClFNO/c1-4-20-16(14-11-13(19)5-6-15(14)18)17(21-3)9-7-12(2)8-10-17/h5-6,11-12,16,20H,4,7-10H2,1-3H3. The van der Waals surface area contributed by atoms with Crippen LogP contribution >= 0.6 is 11.6 Å². The third-order valence-electron chi connectivity index (χ3n) is 4.73. The molecule has 1 aromatic carbocycles. The SMILES string of the molecule is CCNC(c1cc(F)ccc1Cl)C1(OC)CCC(C)CC1. The molecule has 1 aliphatic carbocycles.